The van der Waals surface area contributed by atoms with E-state index in [0.29, 0.717) is 22.1 Å². The summed E-state index contributed by atoms with van der Waals surface area (Å²) in [7, 11) is -6.17. The highest BCUT2D eigenvalue weighted by atomic mass is 28.3. The van der Waals surface area contributed by atoms with Gasteiger partial charge < -0.3 is 0 Å². The van der Waals surface area contributed by atoms with E-state index in [9.17, 15) is 13.7 Å². The summed E-state index contributed by atoms with van der Waals surface area (Å²) in [4.78, 5) is 15.0. The second kappa shape index (κ2) is 13.4. The van der Waals surface area contributed by atoms with E-state index in [-0.39, 0.29) is 11.9 Å². The highest BCUT2D eigenvalue weighted by molar-refractivity contribution is 7.19. The number of nitrogens with zero attached hydrogens (tertiary/aromatic N) is 5. The fourth-order valence-corrected chi connectivity index (χ4v) is 11.2. The molecule has 6 heteroatoms. The van der Waals surface area contributed by atoms with E-state index in [1.807, 2.05) is 97.1 Å². The molecule has 0 unspecified atom stereocenters. The van der Waals surface area contributed by atoms with Crippen LogP contribution in [0.2, 0.25) is 0 Å². The number of rotatable bonds is 7. The zero-order chi connectivity index (χ0) is 54.3. The van der Waals surface area contributed by atoms with Crippen molar-refractivity contribution < 1.29 is 26.0 Å². The maximum atomic E-state index is 10.5. The largest absolute Gasteiger partial charge is 0.278 e. The monoisotopic (exact) mass is 764 g/mol. The molecule has 0 bridgehead atoms. The van der Waals surface area contributed by atoms with Crippen LogP contribution >= 0.6 is 0 Å². The molecule has 57 heavy (non-hydrogen) atoms. The third-order valence-corrected chi connectivity index (χ3v) is 14.0. The predicted octanol–water partition coefficient (Wildman–Crippen LogP) is 9.11. The first-order chi connectivity index (χ1) is 36.2. The Morgan fingerprint density at radius 1 is 0.368 bits per heavy atom. The molecule has 0 aliphatic carbocycles. The number of fused-ring (bicyclic) bond motifs is 6. The van der Waals surface area contributed by atoms with Gasteiger partial charge in [-0.1, -0.05) is 188 Å². The minimum atomic E-state index is -6.17. The lowest BCUT2D eigenvalue weighted by Crippen LogP contribution is -2.74. The number of hydrogen-bond donors (Lipinski definition) is 0. The second-order valence-electron chi connectivity index (χ2n) is 13.0. The molecule has 5 nitrogen and oxygen atoms in total. The van der Waals surface area contributed by atoms with Gasteiger partial charge in [0.25, 0.3) is 0 Å². The van der Waals surface area contributed by atoms with Gasteiger partial charge in [-0.05, 0) is 45.0 Å². The number of para-hydroxylation sites is 4. The van der Waals surface area contributed by atoms with Gasteiger partial charge in [0, 0.05) is 27.1 Å². The van der Waals surface area contributed by atoms with Crippen LogP contribution < -0.4 is 20.7 Å². The summed E-state index contributed by atoms with van der Waals surface area (Å²) in [5.41, 5.74) is 1.80. The van der Waals surface area contributed by atoms with E-state index in [2.05, 4.69) is 0 Å². The number of benzene rings is 8. The first kappa shape index (κ1) is 19.0. The van der Waals surface area contributed by atoms with Crippen molar-refractivity contribution in [3.8, 4) is 23.3 Å². The molecule has 8 aromatic carbocycles. The fourth-order valence-electron chi connectivity index (χ4n) is 7.65. The lowest BCUT2D eigenvalue weighted by molar-refractivity contribution is 0.893. The standard InChI is InChI=1S/C51H35N5Si/c1-4-20-37(21-5-1)57(38-22-6-2-7-23-38,39-24-8-3-9-25-39)40-26-18-19-36(35-40)49-52-50(55-45-31-14-10-27-41(45)42-28-11-15-32-46(42)55)54-51(53-49)56-47-33-16-12-29-43(47)44-30-13-17-34-48(44)56/h1-35H/i1D,2D,3D,4D,5D,6D,7D,8D,9D,18D,19D,20D,21D,22D,23D,24D,25D,26D,35D. The number of aromatic nitrogens is 5. The average molecular weight is 765 g/mol. The van der Waals surface area contributed by atoms with Gasteiger partial charge in [-0.25, -0.2) is 0 Å². The third kappa shape index (κ3) is 5.19. The Bertz CT molecular complexity index is 3890. The van der Waals surface area contributed by atoms with Crippen molar-refractivity contribution in [2.24, 2.45) is 0 Å². The highest BCUT2D eigenvalue weighted by Gasteiger charge is 2.41. The van der Waals surface area contributed by atoms with E-state index in [0.717, 1.165) is 21.5 Å². The van der Waals surface area contributed by atoms with Gasteiger partial charge in [-0.15, -0.1) is 0 Å². The van der Waals surface area contributed by atoms with Crippen LogP contribution in [0.5, 0.6) is 0 Å². The van der Waals surface area contributed by atoms with Crippen molar-refractivity contribution in [3.05, 3.63) is 212 Å². The van der Waals surface area contributed by atoms with Crippen LogP contribution in [0.15, 0.2) is 212 Å². The molecular formula is C51H35N5Si. The summed E-state index contributed by atoms with van der Waals surface area (Å²) >= 11 is 0. The van der Waals surface area contributed by atoms with Gasteiger partial charge in [0.1, 0.15) is 0 Å². The summed E-state index contributed by atoms with van der Waals surface area (Å²) in [6.07, 6.45) is 0. The summed E-state index contributed by atoms with van der Waals surface area (Å²) in [5, 5.41) is -0.655. The molecular weight excluding hydrogens is 711 g/mol. The van der Waals surface area contributed by atoms with E-state index in [1.165, 1.54) is 0 Å². The minimum absolute atomic E-state index is 0.0774. The van der Waals surface area contributed by atoms with Gasteiger partial charge in [0.15, 0.2) is 13.9 Å². The molecule has 0 radical (unpaired) electrons. The average Bonchev–Trinajstić information content (AvgIpc) is 4.07. The van der Waals surface area contributed by atoms with Crippen LogP contribution in [0, 0.1) is 0 Å². The summed E-state index contributed by atoms with van der Waals surface area (Å²) in [6, 6.07) is 9.60. The molecule has 0 spiro atoms. The zero-order valence-corrected chi connectivity index (χ0v) is 30.5. The van der Waals surface area contributed by atoms with Gasteiger partial charge in [-0.3, -0.25) is 9.13 Å². The van der Waals surface area contributed by atoms with Crippen LogP contribution in [-0.4, -0.2) is 32.2 Å². The van der Waals surface area contributed by atoms with Crippen molar-refractivity contribution in [1.29, 1.82) is 0 Å². The predicted molar refractivity (Wildman–Crippen MR) is 238 cm³/mol. The molecule has 0 aliphatic heterocycles. The lowest BCUT2D eigenvalue weighted by Gasteiger charge is -2.34. The molecule has 0 fully saturated rings. The van der Waals surface area contributed by atoms with Crippen molar-refractivity contribution in [2.75, 3.05) is 0 Å². The zero-order valence-electron chi connectivity index (χ0n) is 48.5. The SMILES string of the molecule is [2H]c1c([2H])c([2H])c([Si](c2c([2H])c([2H])c([2H])c([2H])c2[2H])(c2c([2H])c([2H])c([2H])c([2H])c2[2H])c2c([2H])c([2H])c([2H])c(-c3nc(-n4c5ccccc5c5ccccc54)nc(-n4c5ccccc5c5ccccc54)n3)c2[2H])c([2H])c1[2H]. The topological polar surface area (TPSA) is 48.5 Å². The minimum Gasteiger partial charge on any atom is -0.278 e. The molecule has 11 rings (SSSR count). The number of hydrogen-bond acceptors (Lipinski definition) is 3. The Balaban J connectivity index is 1.40. The van der Waals surface area contributed by atoms with Crippen molar-refractivity contribution >= 4 is 72.4 Å². The van der Waals surface area contributed by atoms with E-state index >= 15 is 0 Å². The Hall–Kier alpha value is -7.41. The molecule has 0 saturated carbocycles. The first-order valence-electron chi connectivity index (χ1n) is 27.2. The fraction of sp³-hybridized carbons (Fsp3) is 0. The molecule has 0 aliphatic rings. The van der Waals surface area contributed by atoms with Gasteiger partial charge >= 0.3 is 0 Å². The maximum absolute atomic E-state index is 10.5. The Morgan fingerprint density at radius 2 is 0.719 bits per heavy atom. The van der Waals surface area contributed by atoms with Crippen molar-refractivity contribution in [1.82, 2.24) is 24.1 Å². The molecule has 268 valence electrons. The summed E-state index contributed by atoms with van der Waals surface area (Å²) in [5.74, 6) is -0.655. The maximum Gasteiger partial charge on any atom is 0.240 e. The lowest BCUT2D eigenvalue weighted by atomic mass is 10.2. The Labute approximate surface area is 357 Å². The van der Waals surface area contributed by atoms with Crippen LogP contribution in [0.3, 0.4) is 0 Å². The van der Waals surface area contributed by atoms with Crippen LogP contribution in [0.4, 0.5) is 0 Å². The smallest absolute Gasteiger partial charge is 0.240 e. The first-order valence-corrected chi connectivity index (χ1v) is 19.7. The molecule has 3 heterocycles. The molecule has 0 N–H and O–H groups in total. The molecule has 0 atom stereocenters. The second-order valence-corrected chi connectivity index (χ2v) is 16.5. The van der Waals surface area contributed by atoms with Crippen molar-refractivity contribution in [3.63, 3.8) is 0 Å². The molecule has 3 aromatic heterocycles. The molecule has 0 saturated heterocycles. The Kier molecular flexibility index (Phi) is 4.46. The van der Waals surface area contributed by atoms with E-state index in [4.69, 9.17) is 27.3 Å². The van der Waals surface area contributed by atoms with Crippen LogP contribution in [0.25, 0.3) is 66.9 Å². The van der Waals surface area contributed by atoms with Crippen LogP contribution in [-0.2, 0) is 0 Å². The van der Waals surface area contributed by atoms with Crippen molar-refractivity contribution in [2.45, 2.75) is 0 Å². The normalized spacial score (nSPS) is 16.5. The quantitative estimate of drug-likeness (QED) is 0.120. The van der Waals surface area contributed by atoms with E-state index in [1.54, 1.807) is 9.13 Å². The molecule has 0 amide bonds. The highest BCUT2D eigenvalue weighted by Crippen LogP contribution is 2.34. The van der Waals surface area contributed by atoms with E-state index < -0.39 is 155 Å². The summed E-state index contributed by atoms with van der Waals surface area (Å²) in [6.45, 7) is 0. The van der Waals surface area contributed by atoms with Gasteiger partial charge in [-0.2, -0.15) is 15.0 Å². The van der Waals surface area contributed by atoms with Crippen LogP contribution in [0.1, 0.15) is 26.0 Å². The van der Waals surface area contributed by atoms with Gasteiger partial charge in [0.2, 0.25) is 11.9 Å². The summed E-state index contributed by atoms with van der Waals surface area (Å²) < 4.78 is 180. The third-order valence-electron chi connectivity index (χ3n) is 10.0. The van der Waals surface area contributed by atoms with Gasteiger partial charge in [0.05, 0.1) is 48.1 Å². The Morgan fingerprint density at radius 3 is 1.11 bits per heavy atom. The molecule has 11 aromatic rings.